The van der Waals surface area contributed by atoms with Crippen molar-refractivity contribution in [2.75, 3.05) is 16.6 Å². The van der Waals surface area contributed by atoms with Crippen molar-refractivity contribution in [3.63, 3.8) is 0 Å². The van der Waals surface area contributed by atoms with Crippen LogP contribution in [0, 0.1) is 5.82 Å². The Morgan fingerprint density at radius 1 is 1.41 bits per heavy atom. The molecule has 1 aromatic rings. The lowest BCUT2D eigenvalue weighted by Crippen LogP contribution is -2.31. The van der Waals surface area contributed by atoms with Gasteiger partial charge in [0.1, 0.15) is 5.82 Å². The molecule has 1 aliphatic rings. The van der Waals surface area contributed by atoms with E-state index in [1.165, 1.54) is 16.4 Å². The standard InChI is InChI=1S/C12H16FNO2S/c1-2-3-8-17(15,16)14-7-6-10-9-11(13)4-5-12(10)14/h4-5,9H,2-3,6-8H2,1H3. The predicted molar refractivity (Wildman–Crippen MR) is 66.1 cm³/mol. The van der Waals surface area contributed by atoms with Crippen LogP contribution in [0.3, 0.4) is 0 Å². The van der Waals surface area contributed by atoms with E-state index in [9.17, 15) is 12.8 Å². The molecule has 1 aromatic carbocycles. The maximum absolute atomic E-state index is 13.0. The Balaban J connectivity index is 2.27. The monoisotopic (exact) mass is 257 g/mol. The van der Waals surface area contributed by atoms with Crippen LogP contribution in [0.25, 0.3) is 0 Å². The van der Waals surface area contributed by atoms with E-state index in [0.29, 0.717) is 25.1 Å². The maximum Gasteiger partial charge on any atom is 0.235 e. The number of fused-ring (bicyclic) bond motifs is 1. The Hall–Kier alpha value is -1.10. The number of unbranched alkanes of at least 4 members (excludes halogenated alkanes) is 1. The molecule has 1 heterocycles. The molecular formula is C12H16FNO2S. The Bertz CT molecular complexity index is 513. The highest BCUT2D eigenvalue weighted by molar-refractivity contribution is 7.92. The fraction of sp³-hybridized carbons (Fsp3) is 0.500. The van der Waals surface area contributed by atoms with Crippen LogP contribution in [0.4, 0.5) is 10.1 Å². The van der Waals surface area contributed by atoms with Crippen LogP contribution in [0.15, 0.2) is 18.2 Å². The highest BCUT2D eigenvalue weighted by atomic mass is 32.2. The molecule has 0 unspecified atom stereocenters. The fourth-order valence-electron chi connectivity index (χ4n) is 2.07. The fourth-order valence-corrected chi connectivity index (χ4v) is 3.79. The number of hydrogen-bond donors (Lipinski definition) is 0. The summed E-state index contributed by atoms with van der Waals surface area (Å²) in [5.74, 6) is -0.142. The Morgan fingerprint density at radius 2 is 2.18 bits per heavy atom. The van der Waals surface area contributed by atoms with Gasteiger partial charge >= 0.3 is 0 Å². The molecule has 0 N–H and O–H groups in total. The molecule has 0 atom stereocenters. The highest BCUT2D eigenvalue weighted by Crippen LogP contribution is 2.31. The van der Waals surface area contributed by atoms with E-state index in [-0.39, 0.29) is 11.6 Å². The van der Waals surface area contributed by atoms with Crippen LogP contribution in [0.5, 0.6) is 0 Å². The lowest BCUT2D eigenvalue weighted by atomic mass is 10.2. The van der Waals surface area contributed by atoms with Gasteiger partial charge < -0.3 is 0 Å². The Kier molecular flexibility index (Phi) is 3.38. The van der Waals surface area contributed by atoms with Gasteiger partial charge in [0.2, 0.25) is 10.0 Å². The maximum atomic E-state index is 13.0. The quantitative estimate of drug-likeness (QED) is 0.830. The van der Waals surface area contributed by atoms with E-state index in [1.54, 1.807) is 6.07 Å². The number of hydrogen-bond acceptors (Lipinski definition) is 2. The van der Waals surface area contributed by atoms with Gasteiger partial charge in [-0.05, 0) is 36.6 Å². The summed E-state index contributed by atoms with van der Waals surface area (Å²) in [6.45, 7) is 2.40. The average Bonchev–Trinajstić information content (AvgIpc) is 2.69. The van der Waals surface area contributed by atoms with Crippen molar-refractivity contribution in [3.05, 3.63) is 29.6 Å². The van der Waals surface area contributed by atoms with Crippen LogP contribution in [0.2, 0.25) is 0 Å². The van der Waals surface area contributed by atoms with Gasteiger partial charge in [-0.2, -0.15) is 0 Å². The zero-order valence-electron chi connectivity index (χ0n) is 9.82. The highest BCUT2D eigenvalue weighted by Gasteiger charge is 2.28. The lowest BCUT2D eigenvalue weighted by molar-refractivity contribution is 0.589. The van der Waals surface area contributed by atoms with Gasteiger partial charge in [0, 0.05) is 6.54 Å². The number of rotatable bonds is 4. The van der Waals surface area contributed by atoms with E-state index < -0.39 is 10.0 Å². The van der Waals surface area contributed by atoms with Crippen LogP contribution in [0.1, 0.15) is 25.3 Å². The Labute approximate surface area is 101 Å². The molecule has 0 spiro atoms. The minimum absolute atomic E-state index is 0.167. The van der Waals surface area contributed by atoms with Crippen molar-refractivity contribution in [2.24, 2.45) is 0 Å². The van der Waals surface area contributed by atoms with E-state index in [0.717, 1.165) is 12.0 Å². The van der Waals surface area contributed by atoms with Gasteiger partial charge in [-0.1, -0.05) is 13.3 Å². The third-order valence-corrected chi connectivity index (χ3v) is 4.84. The summed E-state index contributed by atoms with van der Waals surface area (Å²) >= 11 is 0. The molecule has 0 aliphatic carbocycles. The first kappa shape index (κ1) is 12.4. The molecule has 0 amide bonds. The van der Waals surface area contributed by atoms with Gasteiger partial charge in [0.15, 0.2) is 0 Å². The van der Waals surface area contributed by atoms with Gasteiger partial charge in [-0.25, -0.2) is 12.8 Å². The molecule has 1 aliphatic heterocycles. The predicted octanol–water partition coefficient (Wildman–Crippen LogP) is 2.32. The van der Waals surface area contributed by atoms with Gasteiger partial charge in [-0.15, -0.1) is 0 Å². The molecule has 0 aromatic heterocycles. The van der Waals surface area contributed by atoms with Crippen molar-refractivity contribution in [1.82, 2.24) is 0 Å². The number of sulfonamides is 1. The third kappa shape index (κ3) is 2.44. The first-order valence-electron chi connectivity index (χ1n) is 5.83. The van der Waals surface area contributed by atoms with Crippen LogP contribution in [-0.2, 0) is 16.4 Å². The molecular weight excluding hydrogens is 241 g/mol. The summed E-state index contributed by atoms with van der Waals surface area (Å²) in [6.07, 6.45) is 2.11. The lowest BCUT2D eigenvalue weighted by Gasteiger charge is -2.19. The van der Waals surface area contributed by atoms with E-state index >= 15 is 0 Å². The number of anilines is 1. The van der Waals surface area contributed by atoms with Crippen LogP contribution in [-0.4, -0.2) is 20.7 Å². The summed E-state index contributed by atoms with van der Waals surface area (Å²) in [4.78, 5) is 0. The van der Waals surface area contributed by atoms with E-state index in [2.05, 4.69) is 0 Å². The van der Waals surface area contributed by atoms with Crippen molar-refractivity contribution in [2.45, 2.75) is 26.2 Å². The summed E-state index contributed by atoms with van der Waals surface area (Å²) in [6, 6.07) is 4.29. The van der Waals surface area contributed by atoms with Crippen LogP contribution < -0.4 is 4.31 Å². The zero-order chi connectivity index (χ0) is 12.5. The van der Waals surface area contributed by atoms with E-state index in [1.807, 2.05) is 6.92 Å². The molecule has 0 radical (unpaired) electrons. The molecule has 0 saturated heterocycles. The molecule has 2 rings (SSSR count). The summed E-state index contributed by atoms with van der Waals surface area (Å²) < 4.78 is 38.6. The second-order valence-corrected chi connectivity index (χ2v) is 6.28. The number of halogens is 1. The second-order valence-electron chi connectivity index (χ2n) is 4.26. The molecule has 17 heavy (non-hydrogen) atoms. The van der Waals surface area contributed by atoms with Crippen molar-refractivity contribution < 1.29 is 12.8 Å². The van der Waals surface area contributed by atoms with Crippen molar-refractivity contribution in [1.29, 1.82) is 0 Å². The first-order valence-corrected chi connectivity index (χ1v) is 7.44. The minimum atomic E-state index is -3.24. The van der Waals surface area contributed by atoms with Gasteiger partial charge in [-0.3, -0.25) is 4.31 Å². The summed E-state index contributed by atoms with van der Waals surface area (Å²) in [7, 11) is -3.24. The summed E-state index contributed by atoms with van der Waals surface area (Å²) in [5, 5.41) is 0. The molecule has 0 bridgehead atoms. The first-order chi connectivity index (χ1) is 8.04. The molecule has 3 nitrogen and oxygen atoms in total. The smallest absolute Gasteiger partial charge is 0.235 e. The SMILES string of the molecule is CCCCS(=O)(=O)N1CCc2cc(F)ccc21. The molecule has 94 valence electrons. The normalized spacial score (nSPS) is 15.1. The van der Waals surface area contributed by atoms with Crippen LogP contribution >= 0.6 is 0 Å². The molecule has 0 fully saturated rings. The van der Waals surface area contributed by atoms with Crippen molar-refractivity contribution >= 4 is 15.7 Å². The van der Waals surface area contributed by atoms with Crippen molar-refractivity contribution in [3.8, 4) is 0 Å². The summed E-state index contributed by atoms with van der Waals surface area (Å²) in [5.41, 5.74) is 1.42. The second kappa shape index (κ2) is 4.64. The minimum Gasteiger partial charge on any atom is -0.270 e. The Morgan fingerprint density at radius 3 is 2.88 bits per heavy atom. The molecule has 5 heteroatoms. The largest absolute Gasteiger partial charge is 0.270 e. The molecule has 0 saturated carbocycles. The number of benzene rings is 1. The van der Waals surface area contributed by atoms with Gasteiger partial charge in [0.25, 0.3) is 0 Å². The zero-order valence-corrected chi connectivity index (χ0v) is 10.6. The average molecular weight is 257 g/mol. The third-order valence-electron chi connectivity index (χ3n) is 2.99. The number of nitrogens with zero attached hydrogens (tertiary/aromatic N) is 1. The topological polar surface area (TPSA) is 37.4 Å². The van der Waals surface area contributed by atoms with Gasteiger partial charge in [0.05, 0.1) is 11.4 Å². The van der Waals surface area contributed by atoms with E-state index in [4.69, 9.17) is 0 Å².